The molecule has 0 aromatic heterocycles. The van der Waals surface area contributed by atoms with E-state index in [-0.39, 0.29) is 35.2 Å². The lowest BCUT2D eigenvalue weighted by Crippen LogP contribution is -2.23. The molecule has 1 saturated carbocycles. The van der Waals surface area contributed by atoms with E-state index in [0.29, 0.717) is 36.3 Å². The summed E-state index contributed by atoms with van der Waals surface area (Å²) in [5.74, 6) is -1.30. The van der Waals surface area contributed by atoms with Gasteiger partial charge in [-0.15, -0.1) is 6.58 Å². The van der Waals surface area contributed by atoms with E-state index in [0.717, 1.165) is 31.3 Å². The average molecular weight is 509 g/mol. The Morgan fingerprint density at radius 2 is 1.78 bits per heavy atom. The molecule has 0 amide bonds. The number of benzene rings is 2. The van der Waals surface area contributed by atoms with Gasteiger partial charge in [-0.3, -0.25) is 0 Å². The number of rotatable bonds is 9. The minimum atomic E-state index is -0.831. The number of hydrogen-bond donors (Lipinski definition) is 1. The van der Waals surface area contributed by atoms with Crippen LogP contribution >= 0.6 is 0 Å². The number of aliphatic hydroxyl groups is 1. The second-order valence-electron chi connectivity index (χ2n) is 10.1. The molecule has 1 fully saturated rings. The fourth-order valence-electron chi connectivity index (χ4n) is 5.27. The van der Waals surface area contributed by atoms with Gasteiger partial charge in [0.15, 0.2) is 11.6 Å². The van der Waals surface area contributed by atoms with Crippen LogP contribution in [-0.2, 0) is 0 Å². The van der Waals surface area contributed by atoms with Gasteiger partial charge in [0.05, 0.1) is 12.7 Å². The molecule has 0 radical (unpaired) electrons. The van der Waals surface area contributed by atoms with Crippen LogP contribution in [0.5, 0.6) is 5.75 Å². The largest absolute Gasteiger partial charge is 0.493 e. The molecule has 0 saturated heterocycles. The molecule has 37 heavy (non-hydrogen) atoms. The summed E-state index contributed by atoms with van der Waals surface area (Å²) in [5.41, 5.74) is 2.09. The van der Waals surface area contributed by atoms with E-state index in [4.69, 9.17) is 4.74 Å². The van der Waals surface area contributed by atoms with E-state index in [9.17, 15) is 18.3 Å². The smallest absolute Gasteiger partial charge is 0.166 e. The predicted octanol–water partition coefficient (Wildman–Crippen LogP) is 8.40. The standard InChI is InChI=1S/C32H35F3O2/c1-3-4-19-37-27-16-18-28(30(33)20-27)24-8-5-22(6-9-24)7-10-26-15-17-29(32(35)31(26)34)25-13-11-23(12-14-25)21(2)36/h3,5-8,10,15-18,20-21,23-25,36H,1,4,9,11-14,19H2,2H3/b10-7+. The third kappa shape index (κ3) is 6.64. The first-order valence-corrected chi connectivity index (χ1v) is 13.1. The van der Waals surface area contributed by atoms with Crippen molar-refractivity contribution < 1.29 is 23.0 Å². The maximum atomic E-state index is 14.9. The van der Waals surface area contributed by atoms with Crippen molar-refractivity contribution in [3.8, 4) is 5.75 Å². The van der Waals surface area contributed by atoms with Gasteiger partial charge >= 0.3 is 0 Å². The van der Waals surface area contributed by atoms with Crippen molar-refractivity contribution in [2.75, 3.05) is 6.61 Å². The zero-order valence-corrected chi connectivity index (χ0v) is 21.3. The molecule has 2 atom stereocenters. The van der Waals surface area contributed by atoms with E-state index in [2.05, 4.69) is 6.58 Å². The highest BCUT2D eigenvalue weighted by Crippen LogP contribution is 2.39. The number of aliphatic hydroxyl groups excluding tert-OH is 1. The van der Waals surface area contributed by atoms with Gasteiger partial charge in [-0.2, -0.15) is 0 Å². The predicted molar refractivity (Wildman–Crippen MR) is 143 cm³/mol. The van der Waals surface area contributed by atoms with Gasteiger partial charge in [-0.25, -0.2) is 13.2 Å². The first kappa shape index (κ1) is 27.0. The normalized spacial score (nSPS) is 22.6. The maximum absolute atomic E-state index is 14.9. The number of allylic oxidation sites excluding steroid dienone is 5. The topological polar surface area (TPSA) is 29.5 Å². The molecule has 2 aromatic rings. The third-order valence-electron chi connectivity index (χ3n) is 7.58. The van der Waals surface area contributed by atoms with Gasteiger partial charge in [-0.1, -0.05) is 54.7 Å². The molecule has 1 N–H and O–H groups in total. The fraction of sp³-hybridized carbons (Fsp3) is 0.375. The quantitative estimate of drug-likeness (QED) is 0.272. The van der Waals surface area contributed by atoms with Crippen molar-refractivity contribution in [3.05, 3.63) is 107 Å². The SMILES string of the molecule is C=CCCOc1ccc(C2C=CC(/C=C/c3ccc(C4CCC(C(C)O)CC4)c(F)c3F)=CC2)c(F)c1. The Bertz CT molecular complexity index is 1190. The Morgan fingerprint density at radius 1 is 1.03 bits per heavy atom. The van der Waals surface area contributed by atoms with Crippen molar-refractivity contribution in [1.29, 1.82) is 0 Å². The molecule has 2 aliphatic carbocycles. The summed E-state index contributed by atoms with van der Waals surface area (Å²) in [7, 11) is 0. The summed E-state index contributed by atoms with van der Waals surface area (Å²) >= 11 is 0. The van der Waals surface area contributed by atoms with Gasteiger partial charge < -0.3 is 9.84 Å². The van der Waals surface area contributed by atoms with E-state index in [1.54, 1.807) is 49.4 Å². The van der Waals surface area contributed by atoms with Crippen molar-refractivity contribution in [3.63, 3.8) is 0 Å². The Labute approximate surface area is 217 Å². The first-order valence-electron chi connectivity index (χ1n) is 13.1. The Balaban J connectivity index is 1.37. The first-order chi connectivity index (χ1) is 17.9. The molecule has 2 unspecified atom stereocenters. The lowest BCUT2D eigenvalue weighted by molar-refractivity contribution is 0.0963. The molecule has 196 valence electrons. The summed E-state index contributed by atoms with van der Waals surface area (Å²) in [6, 6.07) is 8.26. The van der Waals surface area contributed by atoms with Crippen LogP contribution < -0.4 is 4.74 Å². The van der Waals surface area contributed by atoms with E-state index >= 15 is 0 Å². The molecule has 0 aliphatic heterocycles. The maximum Gasteiger partial charge on any atom is 0.166 e. The second-order valence-corrected chi connectivity index (χ2v) is 10.1. The summed E-state index contributed by atoms with van der Waals surface area (Å²) in [6.45, 7) is 5.90. The van der Waals surface area contributed by atoms with Crippen LogP contribution in [0.25, 0.3) is 6.08 Å². The third-order valence-corrected chi connectivity index (χ3v) is 7.58. The zero-order chi connectivity index (χ0) is 26.4. The molecule has 4 rings (SSSR count). The molecule has 0 spiro atoms. The molecule has 5 heteroatoms. The second kappa shape index (κ2) is 12.5. The highest BCUT2D eigenvalue weighted by molar-refractivity contribution is 5.57. The zero-order valence-electron chi connectivity index (χ0n) is 21.3. The molecule has 2 aliphatic rings. The van der Waals surface area contributed by atoms with Crippen LogP contribution in [0.15, 0.2) is 72.9 Å². The summed E-state index contributed by atoms with van der Waals surface area (Å²) in [5, 5.41) is 9.79. The van der Waals surface area contributed by atoms with Gasteiger partial charge in [0.1, 0.15) is 11.6 Å². The van der Waals surface area contributed by atoms with Crippen molar-refractivity contribution in [1.82, 2.24) is 0 Å². The van der Waals surface area contributed by atoms with Gasteiger partial charge in [0, 0.05) is 17.5 Å². The van der Waals surface area contributed by atoms with Crippen LogP contribution in [0.4, 0.5) is 13.2 Å². The molecule has 0 heterocycles. The summed E-state index contributed by atoms with van der Waals surface area (Å²) in [4.78, 5) is 0. The molecular formula is C32H35F3O2. The Kier molecular flexibility index (Phi) is 9.09. The minimum absolute atomic E-state index is 0.0170. The molecule has 2 nitrogen and oxygen atoms in total. The molecular weight excluding hydrogens is 473 g/mol. The number of ether oxygens (including phenoxy) is 1. The summed E-state index contributed by atoms with van der Waals surface area (Å²) < 4.78 is 50.0. The average Bonchev–Trinajstić information content (AvgIpc) is 2.90. The lowest BCUT2D eigenvalue weighted by atomic mass is 9.76. The lowest BCUT2D eigenvalue weighted by Gasteiger charge is -2.30. The van der Waals surface area contributed by atoms with Gasteiger partial charge in [0.25, 0.3) is 0 Å². The van der Waals surface area contributed by atoms with Gasteiger partial charge in [0.2, 0.25) is 0 Å². The number of halogens is 3. The van der Waals surface area contributed by atoms with E-state index < -0.39 is 11.6 Å². The monoisotopic (exact) mass is 508 g/mol. The van der Waals surface area contributed by atoms with Crippen LogP contribution in [0.3, 0.4) is 0 Å². The molecule has 0 bridgehead atoms. The minimum Gasteiger partial charge on any atom is -0.493 e. The highest BCUT2D eigenvalue weighted by Gasteiger charge is 2.28. The molecule has 2 aromatic carbocycles. The van der Waals surface area contributed by atoms with Crippen LogP contribution in [-0.4, -0.2) is 17.8 Å². The van der Waals surface area contributed by atoms with Crippen LogP contribution in [0.2, 0.25) is 0 Å². The van der Waals surface area contributed by atoms with Crippen LogP contribution in [0, 0.1) is 23.4 Å². The highest BCUT2D eigenvalue weighted by atomic mass is 19.2. The summed E-state index contributed by atoms with van der Waals surface area (Å²) in [6.07, 6.45) is 15.0. The van der Waals surface area contributed by atoms with E-state index in [1.807, 2.05) is 18.2 Å². The number of hydrogen-bond acceptors (Lipinski definition) is 2. The van der Waals surface area contributed by atoms with E-state index in [1.165, 1.54) is 6.07 Å². The van der Waals surface area contributed by atoms with Crippen molar-refractivity contribution in [2.24, 2.45) is 5.92 Å². The van der Waals surface area contributed by atoms with Crippen molar-refractivity contribution in [2.45, 2.75) is 63.4 Å². The van der Waals surface area contributed by atoms with Gasteiger partial charge in [-0.05, 0) is 80.1 Å². The van der Waals surface area contributed by atoms with Crippen LogP contribution in [0.1, 0.15) is 74.0 Å². The Hall–Kier alpha value is -3.05. The Morgan fingerprint density at radius 3 is 2.43 bits per heavy atom. The fourth-order valence-corrected chi connectivity index (χ4v) is 5.27. The van der Waals surface area contributed by atoms with Crippen molar-refractivity contribution >= 4 is 6.08 Å².